The maximum absolute atomic E-state index is 10.8. The average molecular weight is 258 g/mol. The van der Waals surface area contributed by atoms with Crippen molar-refractivity contribution in [3.63, 3.8) is 0 Å². The fourth-order valence-corrected chi connectivity index (χ4v) is 1.82. The van der Waals surface area contributed by atoms with E-state index in [0.717, 1.165) is 11.1 Å². The van der Waals surface area contributed by atoms with Crippen LogP contribution >= 0.6 is 12.4 Å². The van der Waals surface area contributed by atoms with Crippen LogP contribution in [0.5, 0.6) is 0 Å². The molecule has 3 N–H and O–H groups in total. The van der Waals surface area contributed by atoms with Gasteiger partial charge in [0.05, 0.1) is 5.56 Å². The van der Waals surface area contributed by atoms with E-state index >= 15 is 0 Å². The van der Waals surface area contributed by atoms with E-state index in [1.807, 2.05) is 0 Å². The number of fused-ring (bicyclic) bond motifs is 1. The molecule has 0 radical (unpaired) electrons. The van der Waals surface area contributed by atoms with Crippen LogP contribution in [0.15, 0.2) is 18.2 Å². The minimum absolute atomic E-state index is 0. The number of hydrogen-bond acceptors (Lipinski definition) is 3. The van der Waals surface area contributed by atoms with Crippen LogP contribution in [0.1, 0.15) is 21.5 Å². The van der Waals surface area contributed by atoms with Gasteiger partial charge >= 0.3 is 11.9 Å². The number of carboxylic acid groups (broad SMARTS) is 2. The highest BCUT2D eigenvalue weighted by molar-refractivity contribution is 5.88. The second-order valence-corrected chi connectivity index (χ2v) is 3.76. The SMILES string of the molecule is Cl.O=C(O)c1ccc2c(c1)CN[C@@H](C(=O)O)C2. The number of nitrogens with one attached hydrogen (secondary N) is 1. The Labute approximate surface area is 104 Å². The van der Waals surface area contributed by atoms with E-state index < -0.39 is 18.0 Å². The van der Waals surface area contributed by atoms with Gasteiger partial charge in [-0.15, -0.1) is 12.4 Å². The van der Waals surface area contributed by atoms with Crippen LogP contribution < -0.4 is 5.32 Å². The third-order valence-corrected chi connectivity index (χ3v) is 2.71. The number of aliphatic carboxylic acids is 1. The quantitative estimate of drug-likeness (QED) is 0.733. The summed E-state index contributed by atoms with van der Waals surface area (Å²) < 4.78 is 0. The minimum Gasteiger partial charge on any atom is -0.480 e. The van der Waals surface area contributed by atoms with Gasteiger partial charge in [0.1, 0.15) is 6.04 Å². The largest absolute Gasteiger partial charge is 0.480 e. The summed E-state index contributed by atoms with van der Waals surface area (Å²) in [5.74, 6) is -1.85. The second kappa shape index (κ2) is 5.16. The number of halogens is 1. The van der Waals surface area contributed by atoms with Crippen LogP contribution in [0.25, 0.3) is 0 Å². The first kappa shape index (κ1) is 13.5. The first-order valence-corrected chi connectivity index (χ1v) is 4.89. The zero-order valence-electron chi connectivity index (χ0n) is 8.84. The number of benzene rings is 1. The third-order valence-electron chi connectivity index (χ3n) is 2.71. The molecule has 0 amide bonds. The maximum atomic E-state index is 10.8. The van der Waals surface area contributed by atoms with Gasteiger partial charge in [-0.25, -0.2) is 4.79 Å². The van der Waals surface area contributed by atoms with Crippen LogP contribution in [0, 0.1) is 0 Å². The lowest BCUT2D eigenvalue weighted by molar-refractivity contribution is -0.139. The number of hydrogen-bond donors (Lipinski definition) is 3. The molecule has 1 heterocycles. The van der Waals surface area contributed by atoms with Crippen LogP contribution in [0.3, 0.4) is 0 Å². The molecule has 0 aromatic heterocycles. The zero-order chi connectivity index (χ0) is 11.7. The zero-order valence-corrected chi connectivity index (χ0v) is 9.66. The standard InChI is InChI=1S/C11H11NO4.ClH/c13-10(14)7-2-1-6-4-9(11(15)16)12-5-8(6)3-7;/h1-3,9,12H,4-5H2,(H,13,14)(H,15,16);1H/t9-;/m1./s1. The van der Waals surface area contributed by atoms with Gasteiger partial charge in [-0.05, 0) is 29.7 Å². The summed E-state index contributed by atoms with van der Waals surface area (Å²) in [4.78, 5) is 21.5. The molecular formula is C11H12ClNO4. The first-order chi connectivity index (χ1) is 7.58. The first-order valence-electron chi connectivity index (χ1n) is 4.89. The number of aromatic carboxylic acids is 1. The molecule has 2 rings (SSSR count). The monoisotopic (exact) mass is 257 g/mol. The van der Waals surface area contributed by atoms with E-state index in [-0.39, 0.29) is 18.0 Å². The Balaban J connectivity index is 0.00000144. The highest BCUT2D eigenvalue weighted by atomic mass is 35.5. The van der Waals surface area contributed by atoms with E-state index in [9.17, 15) is 9.59 Å². The number of carbonyl (C=O) groups is 2. The highest BCUT2D eigenvalue weighted by Gasteiger charge is 2.23. The molecule has 1 aliphatic heterocycles. The van der Waals surface area contributed by atoms with Crippen molar-refractivity contribution >= 4 is 24.3 Å². The van der Waals surface area contributed by atoms with Crippen molar-refractivity contribution in [2.24, 2.45) is 0 Å². The number of rotatable bonds is 2. The van der Waals surface area contributed by atoms with Gasteiger partial charge in [0.25, 0.3) is 0 Å². The third kappa shape index (κ3) is 2.75. The van der Waals surface area contributed by atoms with E-state index in [0.29, 0.717) is 13.0 Å². The van der Waals surface area contributed by atoms with Crippen LogP contribution in [0.2, 0.25) is 0 Å². The molecule has 1 aromatic rings. The molecular weight excluding hydrogens is 246 g/mol. The van der Waals surface area contributed by atoms with E-state index in [1.54, 1.807) is 12.1 Å². The van der Waals surface area contributed by atoms with Gasteiger partial charge in [-0.1, -0.05) is 6.07 Å². The molecule has 6 heteroatoms. The van der Waals surface area contributed by atoms with Crippen molar-refractivity contribution < 1.29 is 19.8 Å². The van der Waals surface area contributed by atoms with Crippen molar-refractivity contribution in [2.75, 3.05) is 0 Å². The average Bonchev–Trinajstić information content (AvgIpc) is 2.27. The number of carboxylic acids is 2. The van der Waals surface area contributed by atoms with Crippen LogP contribution in [-0.4, -0.2) is 28.2 Å². The fraction of sp³-hybridized carbons (Fsp3) is 0.273. The normalized spacial score (nSPS) is 17.8. The Morgan fingerprint density at radius 2 is 1.94 bits per heavy atom. The van der Waals surface area contributed by atoms with Crippen molar-refractivity contribution in [3.8, 4) is 0 Å². The lowest BCUT2D eigenvalue weighted by atomic mass is 9.94. The van der Waals surface area contributed by atoms with Gasteiger partial charge in [0.2, 0.25) is 0 Å². The summed E-state index contributed by atoms with van der Waals surface area (Å²) in [6.45, 7) is 0.396. The molecule has 0 saturated heterocycles. The summed E-state index contributed by atoms with van der Waals surface area (Å²) in [5.41, 5.74) is 1.99. The Morgan fingerprint density at radius 1 is 1.24 bits per heavy atom. The van der Waals surface area contributed by atoms with Crippen LogP contribution in [0.4, 0.5) is 0 Å². The molecule has 5 nitrogen and oxygen atoms in total. The fourth-order valence-electron chi connectivity index (χ4n) is 1.82. The second-order valence-electron chi connectivity index (χ2n) is 3.76. The van der Waals surface area contributed by atoms with Crippen molar-refractivity contribution in [3.05, 3.63) is 34.9 Å². The summed E-state index contributed by atoms with van der Waals surface area (Å²) >= 11 is 0. The lowest BCUT2D eigenvalue weighted by Gasteiger charge is -2.23. The van der Waals surface area contributed by atoms with Gasteiger partial charge in [-0.3, -0.25) is 4.79 Å². The summed E-state index contributed by atoms with van der Waals surface area (Å²) in [6.07, 6.45) is 0.393. The molecule has 0 spiro atoms. The topological polar surface area (TPSA) is 86.6 Å². The molecule has 17 heavy (non-hydrogen) atoms. The molecule has 1 aliphatic rings. The summed E-state index contributed by atoms with van der Waals surface area (Å²) in [7, 11) is 0. The van der Waals surface area contributed by atoms with Crippen molar-refractivity contribution in [1.29, 1.82) is 0 Å². The van der Waals surface area contributed by atoms with Gasteiger partial charge in [0, 0.05) is 6.54 Å². The van der Waals surface area contributed by atoms with Gasteiger partial charge in [0.15, 0.2) is 0 Å². The van der Waals surface area contributed by atoms with Gasteiger partial charge < -0.3 is 15.5 Å². The maximum Gasteiger partial charge on any atom is 0.335 e. The molecule has 1 aromatic carbocycles. The molecule has 0 unspecified atom stereocenters. The van der Waals surface area contributed by atoms with Crippen molar-refractivity contribution in [2.45, 2.75) is 19.0 Å². The van der Waals surface area contributed by atoms with Crippen LogP contribution in [-0.2, 0) is 17.8 Å². The Bertz CT molecular complexity index is 461. The minimum atomic E-state index is -0.969. The van der Waals surface area contributed by atoms with Crippen molar-refractivity contribution in [1.82, 2.24) is 5.32 Å². The Hall–Kier alpha value is -1.59. The molecule has 0 fully saturated rings. The molecule has 0 bridgehead atoms. The molecule has 0 saturated carbocycles. The molecule has 92 valence electrons. The van der Waals surface area contributed by atoms with Gasteiger partial charge in [-0.2, -0.15) is 0 Å². The molecule has 0 aliphatic carbocycles. The predicted octanol–water partition coefficient (Wildman–Crippen LogP) is 0.905. The Kier molecular flexibility index (Phi) is 4.09. The predicted molar refractivity (Wildman–Crippen MR) is 62.6 cm³/mol. The van der Waals surface area contributed by atoms with E-state index in [2.05, 4.69) is 5.32 Å². The van der Waals surface area contributed by atoms with E-state index in [4.69, 9.17) is 10.2 Å². The summed E-state index contributed by atoms with van der Waals surface area (Å²) in [5, 5.41) is 20.5. The highest BCUT2D eigenvalue weighted by Crippen LogP contribution is 2.18. The lowest BCUT2D eigenvalue weighted by Crippen LogP contribution is -2.41. The van der Waals surface area contributed by atoms with E-state index in [1.165, 1.54) is 6.07 Å². The molecule has 1 atom stereocenters. The summed E-state index contributed by atoms with van der Waals surface area (Å²) in [6, 6.07) is 4.20. The Morgan fingerprint density at radius 3 is 2.53 bits per heavy atom. The smallest absolute Gasteiger partial charge is 0.335 e.